The maximum atomic E-state index is 11.8. The van der Waals surface area contributed by atoms with Gasteiger partial charge in [0.25, 0.3) is 0 Å². The first-order valence-corrected chi connectivity index (χ1v) is 9.48. The Morgan fingerprint density at radius 3 is 2.05 bits per heavy atom. The van der Waals surface area contributed by atoms with Crippen LogP contribution in [0, 0.1) is 10.4 Å². The predicted molar refractivity (Wildman–Crippen MR) is 73.6 cm³/mol. The fourth-order valence-electron chi connectivity index (χ4n) is 0.875. The van der Waals surface area contributed by atoms with Gasteiger partial charge in [0.15, 0.2) is 0 Å². The molecule has 0 aromatic rings. The minimum absolute atomic E-state index is 0.00745. The van der Waals surface area contributed by atoms with Crippen LogP contribution >= 0.6 is 9.03 Å². The summed E-state index contributed by atoms with van der Waals surface area (Å²) in [4.78, 5) is 0. The molecule has 0 saturated heterocycles. The van der Waals surface area contributed by atoms with E-state index in [4.69, 9.17) is 12.3 Å². The van der Waals surface area contributed by atoms with Gasteiger partial charge in [-0.05, 0) is 0 Å². The van der Waals surface area contributed by atoms with E-state index in [2.05, 4.69) is 0 Å². The average Bonchev–Trinajstić information content (AvgIpc) is 2.44. The van der Waals surface area contributed by atoms with E-state index in [0.29, 0.717) is 0 Å². The Hall–Kier alpha value is 0.880. The molecule has 0 rings (SSSR count). The van der Waals surface area contributed by atoms with Gasteiger partial charge in [0, 0.05) is 0 Å². The van der Waals surface area contributed by atoms with Gasteiger partial charge >= 0.3 is 134 Å². The van der Waals surface area contributed by atoms with Crippen LogP contribution in [0.5, 0.6) is 0 Å². The Labute approximate surface area is 134 Å². The first-order valence-electron chi connectivity index (χ1n) is 6.70. The fraction of sp³-hybridized carbons (Fsp3) is 1.00. The van der Waals surface area contributed by atoms with Gasteiger partial charge in [-0.15, -0.1) is 0 Å². The Morgan fingerprint density at radius 2 is 1.60 bits per heavy atom. The molecule has 0 bridgehead atoms. The molecule has 0 amide bonds. The second kappa shape index (κ2) is 9.81. The first-order chi connectivity index (χ1) is 9.20. The molecule has 0 saturated carbocycles. The Morgan fingerprint density at radius 1 is 1.05 bits per heavy atom. The number of halogens is 1. The van der Waals surface area contributed by atoms with E-state index in [1.807, 2.05) is 41.5 Å². The summed E-state index contributed by atoms with van der Waals surface area (Å²) in [7, 11) is -0.400. The molecule has 20 heavy (non-hydrogen) atoms. The molecule has 3 atom stereocenters. The quantitative estimate of drug-likeness (QED) is 0.170. The zero-order chi connectivity index (χ0) is 15.8. The van der Waals surface area contributed by atoms with Crippen LogP contribution in [-0.4, -0.2) is 11.1 Å². The van der Waals surface area contributed by atoms with E-state index in [1.165, 1.54) is 0 Å². The molecule has 124 valence electrons. The van der Waals surface area contributed by atoms with Crippen molar-refractivity contribution < 1.29 is 42.9 Å². The van der Waals surface area contributed by atoms with Crippen molar-refractivity contribution in [2.24, 2.45) is 0 Å². The Kier molecular flexibility index (Phi) is 10.2. The SMILES string of the molecule is CCC(C)(CC)OPO[NH+]([O-])O[I-][NH+]([O-])C(C)(C)CC. The molecule has 0 aromatic carbocycles. The average molecular weight is 425 g/mol. The third kappa shape index (κ3) is 7.77. The number of rotatable bonds is 11. The molecule has 0 aromatic heterocycles. The monoisotopic (exact) mass is 425 g/mol. The number of hydrogen-bond donors (Lipinski definition) is 2. The number of nitrogens with one attached hydrogen (secondary N) is 2. The van der Waals surface area contributed by atoms with Crippen LogP contribution in [0.2, 0.25) is 0 Å². The molecule has 0 spiro atoms. The summed E-state index contributed by atoms with van der Waals surface area (Å²) in [5.74, 6) is 0. The molecule has 7 nitrogen and oxygen atoms in total. The number of hydroxylamine groups is 1. The third-order valence-corrected chi connectivity index (χ3v) is 6.76. The van der Waals surface area contributed by atoms with Crippen LogP contribution in [0.25, 0.3) is 0 Å². The van der Waals surface area contributed by atoms with Gasteiger partial charge in [-0.2, -0.15) is 0 Å². The van der Waals surface area contributed by atoms with Gasteiger partial charge in [0.05, 0.1) is 0 Å². The first kappa shape index (κ1) is 20.9. The normalized spacial score (nSPS) is 17.0. The van der Waals surface area contributed by atoms with Crippen molar-refractivity contribution in [1.29, 1.82) is 0 Å². The number of quaternary nitrogens is 2. The summed E-state index contributed by atoms with van der Waals surface area (Å²) >= 11 is -1.29. The van der Waals surface area contributed by atoms with Gasteiger partial charge in [-0.3, -0.25) is 0 Å². The van der Waals surface area contributed by atoms with Gasteiger partial charge in [0.1, 0.15) is 0 Å². The van der Waals surface area contributed by atoms with Crippen molar-refractivity contribution in [3.05, 3.63) is 10.4 Å². The molecule has 9 heteroatoms. The summed E-state index contributed by atoms with van der Waals surface area (Å²) in [6.07, 6.45) is 2.40. The molecule has 0 radical (unpaired) electrons. The van der Waals surface area contributed by atoms with E-state index in [0.717, 1.165) is 19.3 Å². The van der Waals surface area contributed by atoms with Crippen molar-refractivity contribution in [3.8, 4) is 0 Å². The van der Waals surface area contributed by atoms with Crippen molar-refractivity contribution in [1.82, 2.24) is 0 Å². The zero-order valence-electron chi connectivity index (χ0n) is 13.0. The van der Waals surface area contributed by atoms with Crippen molar-refractivity contribution >= 4 is 9.03 Å². The van der Waals surface area contributed by atoms with E-state index in [9.17, 15) is 10.4 Å². The fourth-order valence-corrected chi connectivity index (χ4v) is 3.13. The van der Waals surface area contributed by atoms with E-state index >= 15 is 0 Å². The maximum absolute atomic E-state index is 11.8. The van der Waals surface area contributed by atoms with Crippen LogP contribution in [0.3, 0.4) is 0 Å². The predicted octanol–water partition coefficient (Wildman–Crippen LogP) is -2.17. The van der Waals surface area contributed by atoms with Crippen LogP contribution in [0.15, 0.2) is 0 Å². The molecular weight excluding hydrogens is 398 g/mol. The molecule has 0 aliphatic heterocycles. The second-order valence-electron chi connectivity index (χ2n) is 5.36. The molecule has 3 unspecified atom stereocenters. The Balaban J connectivity index is 3.93. The van der Waals surface area contributed by atoms with Gasteiger partial charge in [0.2, 0.25) is 0 Å². The summed E-state index contributed by atoms with van der Waals surface area (Å²) in [6, 6.07) is 0. The Bertz CT molecular complexity index is 269. The summed E-state index contributed by atoms with van der Waals surface area (Å²) in [5, 5.41) is 22.4. The molecular formula is C11H27IN2O5P-. The number of hydrogen-bond acceptors (Lipinski definition) is 5. The minimum atomic E-state index is -1.29. The van der Waals surface area contributed by atoms with Crippen LogP contribution in [0.1, 0.15) is 60.8 Å². The van der Waals surface area contributed by atoms with E-state index in [-0.39, 0.29) is 8.88 Å². The molecule has 0 fully saturated rings. The van der Waals surface area contributed by atoms with Crippen LogP contribution < -0.4 is 30.6 Å². The van der Waals surface area contributed by atoms with Gasteiger partial charge < -0.3 is 0 Å². The van der Waals surface area contributed by atoms with Crippen molar-refractivity contribution in [2.45, 2.75) is 71.9 Å². The van der Waals surface area contributed by atoms with Gasteiger partial charge in [-0.1, -0.05) is 0 Å². The van der Waals surface area contributed by atoms with Crippen molar-refractivity contribution in [2.75, 3.05) is 0 Å². The summed E-state index contributed by atoms with van der Waals surface area (Å²) in [5.41, 5.74) is -0.719. The molecule has 0 heterocycles. The molecule has 2 N–H and O–H groups in total. The standard InChI is InChI=1S/C11H27IN2O5P/c1-7-10(4,5)13(15)12-18-14(16)19-20-17-11(6,8-2)9-3/h13-14,20H,7-9H2,1-6H3/q-1. The molecule has 0 aliphatic carbocycles. The topological polar surface area (TPSA) is 82.7 Å². The summed E-state index contributed by atoms with van der Waals surface area (Å²) in [6.45, 7) is 11.6. The van der Waals surface area contributed by atoms with Gasteiger partial charge in [-0.25, -0.2) is 0 Å². The van der Waals surface area contributed by atoms with E-state index < -0.39 is 41.9 Å². The molecule has 0 aliphatic rings. The van der Waals surface area contributed by atoms with E-state index in [1.54, 1.807) is 0 Å². The second-order valence-corrected chi connectivity index (χ2v) is 7.80. The summed E-state index contributed by atoms with van der Waals surface area (Å²) < 4.78 is 15.3. The van der Waals surface area contributed by atoms with Crippen LogP contribution in [-0.2, 0) is 12.3 Å². The zero-order valence-corrected chi connectivity index (χ0v) is 16.2. The van der Waals surface area contributed by atoms with Crippen molar-refractivity contribution in [3.63, 3.8) is 0 Å². The van der Waals surface area contributed by atoms with Crippen LogP contribution in [0.4, 0.5) is 0 Å². The third-order valence-electron chi connectivity index (χ3n) is 3.50.